The third-order valence-corrected chi connectivity index (χ3v) is 5.63. The molecule has 0 radical (unpaired) electrons. The molecule has 1 N–H and O–H groups in total. The first-order valence-corrected chi connectivity index (χ1v) is 8.88. The number of anilines is 1. The fourth-order valence-corrected chi connectivity index (χ4v) is 4.37. The quantitative estimate of drug-likeness (QED) is 0.885. The highest BCUT2D eigenvalue weighted by molar-refractivity contribution is 5.95. The summed E-state index contributed by atoms with van der Waals surface area (Å²) in [4.78, 5) is 18.7. The van der Waals surface area contributed by atoms with Gasteiger partial charge in [-0.15, -0.1) is 0 Å². The van der Waals surface area contributed by atoms with Crippen LogP contribution in [-0.2, 0) is 5.41 Å². The molecule has 1 saturated carbocycles. The van der Waals surface area contributed by atoms with Crippen molar-refractivity contribution in [2.24, 2.45) is 0 Å². The van der Waals surface area contributed by atoms with Crippen molar-refractivity contribution in [1.82, 2.24) is 10.3 Å². The van der Waals surface area contributed by atoms with Gasteiger partial charge in [-0.3, -0.25) is 9.88 Å². The molecule has 1 aliphatic carbocycles. The Morgan fingerprint density at radius 1 is 1.24 bits per heavy atom. The third kappa shape index (κ3) is 2.68. The van der Waals surface area contributed by atoms with Crippen LogP contribution >= 0.6 is 0 Å². The van der Waals surface area contributed by atoms with Crippen molar-refractivity contribution >= 4 is 11.7 Å². The molecule has 1 aliphatic heterocycles. The normalized spacial score (nSPS) is 19.0. The number of hydrogen-bond donors (Lipinski definition) is 1. The summed E-state index contributed by atoms with van der Waals surface area (Å²) in [6.07, 6.45) is 7.51. The van der Waals surface area contributed by atoms with Crippen LogP contribution in [-0.4, -0.2) is 17.6 Å². The van der Waals surface area contributed by atoms with Gasteiger partial charge in [0.15, 0.2) is 0 Å². The van der Waals surface area contributed by atoms with Gasteiger partial charge in [0.25, 0.3) is 0 Å². The number of hydrogen-bond acceptors (Lipinski definition) is 2. The minimum atomic E-state index is -0.210. The van der Waals surface area contributed by atoms with Crippen LogP contribution in [0, 0.1) is 5.82 Å². The van der Waals surface area contributed by atoms with Gasteiger partial charge >= 0.3 is 6.03 Å². The second kappa shape index (κ2) is 6.14. The topological polar surface area (TPSA) is 45.2 Å². The first-order chi connectivity index (χ1) is 12.1. The molecule has 0 unspecified atom stereocenters. The number of benzene rings is 1. The highest BCUT2D eigenvalue weighted by Crippen LogP contribution is 2.51. The van der Waals surface area contributed by atoms with Crippen molar-refractivity contribution in [3.63, 3.8) is 0 Å². The van der Waals surface area contributed by atoms with Gasteiger partial charge < -0.3 is 5.32 Å². The summed E-state index contributed by atoms with van der Waals surface area (Å²) in [5.74, 6) is -0.183. The molecule has 2 heterocycles. The molecule has 1 atom stereocenters. The van der Waals surface area contributed by atoms with Crippen molar-refractivity contribution in [2.45, 2.75) is 44.1 Å². The maximum atomic E-state index is 14.6. The lowest BCUT2D eigenvalue weighted by Gasteiger charge is -2.26. The molecule has 2 aliphatic rings. The minimum absolute atomic E-state index is 0.132. The highest BCUT2D eigenvalue weighted by Gasteiger charge is 2.48. The zero-order valence-electron chi connectivity index (χ0n) is 14.3. The first-order valence-electron chi connectivity index (χ1n) is 8.88. The molecule has 2 amide bonds. The number of amides is 2. The molecule has 4 rings (SSSR count). The second-order valence-electron chi connectivity index (χ2n) is 7.16. The summed E-state index contributed by atoms with van der Waals surface area (Å²) < 4.78 is 14.6. The molecule has 1 fully saturated rings. The lowest BCUT2D eigenvalue weighted by molar-refractivity contribution is 0.242. The van der Waals surface area contributed by atoms with Gasteiger partial charge in [-0.25, -0.2) is 9.18 Å². The molecular formula is C20H22FN3O. The molecule has 1 aromatic carbocycles. The Balaban J connectivity index is 1.61. The molecule has 0 saturated heterocycles. The summed E-state index contributed by atoms with van der Waals surface area (Å²) >= 11 is 0. The Hall–Kier alpha value is -2.43. The lowest BCUT2D eigenvalue weighted by Crippen LogP contribution is -2.43. The fourth-order valence-electron chi connectivity index (χ4n) is 4.37. The van der Waals surface area contributed by atoms with E-state index in [0.29, 0.717) is 6.54 Å². The van der Waals surface area contributed by atoms with Crippen LogP contribution in [0.1, 0.15) is 49.8 Å². The van der Waals surface area contributed by atoms with E-state index >= 15 is 0 Å². The average molecular weight is 339 g/mol. The number of urea groups is 1. The number of pyridine rings is 1. The standard InChI is InChI=1S/C20H22FN3O/c1-14(15-7-11-22-12-8-15)23-19(25)24-13-20(9-2-3-10-20)18-16(21)5-4-6-17(18)24/h4-8,11-12,14H,2-3,9-10,13H2,1H3,(H,23,25)/t14-/m1/s1. The maximum absolute atomic E-state index is 14.6. The van der Waals surface area contributed by atoms with E-state index in [1.165, 1.54) is 6.07 Å². The van der Waals surface area contributed by atoms with E-state index in [4.69, 9.17) is 0 Å². The summed E-state index contributed by atoms with van der Waals surface area (Å²) in [6.45, 7) is 2.51. The summed E-state index contributed by atoms with van der Waals surface area (Å²) in [5, 5.41) is 3.04. The largest absolute Gasteiger partial charge is 0.331 e. The Morgan fingerprint density at radius 3 is 2.68 bits per heavy atom. The Kier molecular flexibility index (Phi) is 3.94. The summed E-state index contributed by atoms with van der Waals surface area (Å²) in [7, 11) is 0. The molecule has 4 nitrogen and oxygen atoms in total. The van der Waals surface area contributed by atoms with Gasteiger partial charge in [0.2, 0.25) is 0 Å². The van der Waals surface area contributed by atoms with E-state index in [2.05, 4.69) is 10.3 Å². The predicted molar refractivity (Wildman–Crippen MR) is 95.1 cm³/mol. The lowest BCUT2D eigenvalue weighted by atomic mass is 9.80. The Morgan fingerprint density at radius 2 is 1.96 bits per heavy atom. The van der Waals surface area contributed by atoms with Crippen molar-refractivity contribution in [3.05, 3.63) is 59.7 Å². The number of nitrogens with zero attached hydrogens (tertiary/aromatic N) is 2. The van der Waals surface area contributed by atoms with Crippen LogP contribution in [0.5, 0.6) is 0 Å². The highest BCUT2D eigenvalue weighted by atomic mass is 19.1. The molecule has 130 valence electrons. The van der Waals surface area contributed by atoms with Gasteiger partial charge in [0.1, 0.15) is 5.82 Å². The van der Waals surface area contributed by atoms with Gasteiger partial charge in [0.05, 0.1) is 11.7 Å². The van der Waals surface area contributed by atoms with E-state index in [-0.39, 0.29) is 23.3 Å². The number of carbonyl (C=O) groups excluding carboxylic acids is 1. The van der Waals surface area contributed by atoms with E-state index < -0.39 is 0 Å². The second-order valence-corrected chi connectivity index (χ2v) is 7.16. The van der Waals surface area contributed by atoms with Crippen LogP contribution in [0.3, 0.4) is 0 Å². The first kappa shape index (κ1) is 16.1. The van der Waals surface area contributed by atoms with Crippen molar-refractivity contribution in [1.29, 1.82) is 0 Å². The number of aromatic nitrogens is 1. The van der Waals surface area contributed by atoms with Gasteiger partial charge in [-0.1, -0.05) is 18.9 Å². The van der Waals surface area contributed by atoms with Crippen molar-refractivity contribution in [2.75, 3.05) is 11.4 Å². The van der Waals surface area contributed by atoms with Crippen LogP contribution < -0.4 is 10.2 Å². The Labute approximate surface area is 147 Å². The van der Waals surface area contributed by atoms with Crippen LogP contribution in [0.2, 0.25) is 0 Å². The van der Waals surface area contributed by atoms with E-state index in [0.717, 1.165) is 42.5 Å². The molecular weight excluding hydrogens is 317 g/mol. The molecule has 5 heteroatoms. The Bertz CT molecular complexity index is 787. The number of carbonyl (C=O) groups is 1. The van der Waals surface area contributed by atoms with Crippen molar-refractivity contribution < 1.29 is 9.18 Å². The minimum Gasteiger partial charge on any atom is -0.331 e. The fraction of sp³-hybridized carbons (Fsp3) is 0.400. The smallest absolute Gasteiger partial charge is 0.322 e. The number of rotatable bonds is 2. The zero-order valence-corrected chi connectivity index (χ0v) is 14.3. The average Bonchev–Trinajstić information content (AvgIpc) is 3.22. The SMILES string of the molecule is C[C@@H](NC(=O)N1CC2(CCCC2)c2c(F)cccc21)c1ccncc1. The monoisotopic (exact) mass is 339 g/mol. The van der Waals surface area contributed by atoms with Crippen LogP contribution in [0.25, 0.3) is 0 Å². The molecule has 1 aromatic heterocycles. The summed E-state index contributed by atoms with van der Waals surface area (Å²) in [5.41, 5.74) is 2.25. The molecule has 2 aromatic rings. The van der Waals surface area contributed by atoms with Crippen molar-refractivity contribution in [3.8, 4) is 0 Å². The number of fused-ring (bicyclic) bond motifs is 2. The van der Waals surface area contributed by atoms with Gasteiger partial charge in [-0.2, -0.15) is 0 Å². The predicted octanol–water partition coefficient (Wildman–Crippen LogP) is 4.32. The molecule has 0 bridgehead atoms. The third-order valence-electron chi connectivity index (χ3n) is 5.63. The molecule has 1 spiro atoms. The van der Waals surface area contributed by atoms with Crippen LogP contribution in [0.15, 0.2) is 42.7 Å². The van der Waals surface area contributed by atoms with E-state index in [9.17, 15) is 9.18 Å². The van der Waals surface area contributed by atoms with Gasteiger partial charge in [0, 0.05) is 29.9 Å². The zero-order chi connectivity index (χ0) is 17.4. The number of halogens is 1. The number of nitrogens with one attached hydrogen (secondary N) is 1. The van der Waals surface area contributed by atoms with E-state index in [1.807, 2.05) is 25.1 Å². The van der Waals surface area contributed by atoms with Gasteiger partial charge in [-0.05, 0) is 49.6 Å². The van der Waals surface area contributed by atoms with Crippen LogP contribution in [0.4, 0.5) is 14.9 Å². The molecule has 25 heavy (non-hydrogen) atoms. The van der Waals surface area contributed by atoms with E-state index in [1.54, 1.807) is 23.4 Å². The maximum Gasteiger partial charge on any atom is 0.322 e. The summed E-state index contributed by atoms with van der Waals surface area (Å²) in [6, 6.07) is 8.55.